The third kappa shape index (κ3) is 2.85. The highest BCUT2D eigenvalue weighted by Gasteiger charge is 2.39. The third-order valence-corrected chi connectivity index (χ3v) is 3.14. The average molecular weight is 283 g/mol. The molecule has 1 aliphatic heterocycles. The maximum absolute atomic E-state index is 11.9. The molecule has 6 nitrogen and oxygen atoms in total. The zero-order valence-electron chi connectivity index (χ0n) is 9.80. The van der Waals surface area contributed by atoms with Gasteiger partial charge in [0.2, 0.25) is 0 Å². The van der Waals surface area contributed by atoms with E-state index in [1.165, 1.54) is 0 Å². The number of nitrogens with one attached hydrogen (secondary N) is 1. The van der Waals surface area contributed by atoms with Gasteiger partial charge in [0, 0.05) is 5.02 Å². The van der Waals surface area contributed by atoms with E-state index in [4.69, 9.17) is 16.7 Å². The monoisotopic (exact) mass is 282 g/mol. The van der Waals surface area contributed by atoms with Crippen molar-refractivity contribution in [3.05, 3.63) is 34.9 Å². The predicted molar refractivity (Wildman–Crippen MR) is 66.6 cm³/mol. The van der Waals surface area contributed by atoms with Gasteiger partial charge >= 0.3 is 12.0 Å². The number of rotatable bonds is 4. The molecule has 0 radical (unpaired) electrons. The normalized spacial score (nSPS) is 18.6. The Morgan fingerprint density at radius 3 is 2.68 bits per heavy atom. The molecule has 7 heteroatoms. The molecule has 100 valence electrons. The molecule has 2 N–H and O–H groups in total. The standard InChI is InChI=1S/C12H11ClN2O4/c13-8-4-2-1-3-7(8)6-15-11(18)9(5-10(16)17)14-12(15)19/h1-4,9H,5-6H2,(H,14,19)(H,16,17)/t9-/m1/s1. The molecule has 2 rings (SSSR count). The molecule has 0 aliphatic carbocycles. The Morgan fingerprint density at radius 1 is 1.37 bits per heavy atom. The predicted octanol–water partition coefficient (Wildman–Crippen LogP) is 1.24. The molecule has 1 atom stereocenters. The largest absolute Gasteiger partial charge is 0.481 e. The molecular formula is C12H11ClN2O4. The van der Waals surface area contributed by atoms with Crippen LogP contribution in [0.5, 0.6) is 0 Å². The molecule has 1 aromatic carbocycles. The fourth-order valence-corrected chi connectivity index (χ4v) is 2.03. The van der Waals surface area contributed by atoms with E-state index < -0.39 is 30.4 Å². The topological polar surface area (TPSA) is 86.7 Å². The van der Waals surface area contributed by atoms with Gasteiger partial charge in [0.15, 0.2) is 0 Å². The van der Waals surface area contributed by atoms with E-state index in [0.717, 1.165) is 4.90 Å². The molecule has 1 saturated heterocycles. The Labute approximate surface area is 114 Å². The smallest absolute Gasteiger partial charge is 0.325 e. The van der Waals surface area contributed by atoms with Gasteiger partial charge in [-0.25, -0.2) is 4.79 Å². The number of imide groups is 1. The summed E-state index contributed by atoms with van der Waals surface area (Å²) in [4.78, 5) is 35.1. The quantitative estimate of drug-likeness (QED) is 0.813. The lowest BCUT2D eigenvalue weighted by Crippen LogP contribution is -2.32. The highest BCUT2D eigenvalue weighted by molar-refractivity contribution is 6.31. The van der Waals surface area contributed by atoms with Crippen LogP contribution in [0, 0.1) is 0 Å². The molecule has 0 saturated carbocycles. The van der Waals surface area contributed by atoms with Crippen molar-refractivity contribution in [1.82, 2.24) is 10.2 Å². The first kappa shape index (κ1) is 13.4. The zero-order valence-corrected chi connectivity index (χ0v) is 10.6. The van der Waals surface area contributed by atoms with Crippen LogP contribution in [0.4, 0.5) is 4.79 Å². The number of hydrogen-bond donors (Lipinski definition) is 2. The summed E-state index contributed by atoms with van der Waals surface area (Å²) in [6.45, 7) is 0.0282. The maximum atomic E-state index is 11.9. The van der Waals surface area contributed by atoms with Gasteiger partial charge in [-0.3, -0.25) is 14.5 Å². The molecule has 0 bridgehead atoms. The highest BCUT2D eigenvalue weighted by Crippen LogP contribution is 2.20. The maximum Gasteiger partial charge on any atom is 0.325 e. The number of hydrogen-bond acceptors (Lipinski definition) is 3. The molecule has 0 spiro atoms. The summed E-state index contributed by atoms with van der Waals surface area (Å²) in [5, 5.41) is 11.4. The van der Waals surface area contributed by atoms with Crippen LogP contribution in [0.15, 0.2) is 24.3 Å². The van der Waals surface area contributed by atoms with Crippen molar-refractivity contribution in [2.45, 2.75) is 19.0 Å². The molecular weight excluding hydrogens is 272 g/mol. The van der Waals surface area contributed by atoms with Crippen molar-refractivity contribution in [3.8, 4) is 0 Å². The first-order chi connectivity index (χ1) is 8.99. The lowest BCUT2D eigenvalue weighted by atomic mass is 10.2. The van der Waals surface area contributed by atoms with Crippen LogP contribution in [-0.2, 0) is 16.1 Å². The number of halogens is 1. The number of carboxylic acids is 1. The molecule has 1 heterocycles. The number of carbonyl (C=O) groups excluding carboxylic acids is 2. The molecule has 1 aliphatic rings. The number of amides is 3. The third-order valence-electron chi connectivity index (χ3n) is 2.77. The minimum Gasteiger partial charge on any atom is -0.481 e. The minimum absolute atomic E-state index is 0.0282. The van der Waals surface area contributed by atoms with Gasteiger partial charge in [-0.05, 0) is 11.6 Å². The van der Waals surface area contributed by atoms with Crippen LogP contribution in [0.1, 0.15) is 12.0 Å². The Bertz CT molecular complexity index is 546. The van der Waals surface area contributed by atoms with E-state index in [2.05, 4.69) is 5.32 Å². The number of urea groups is 1. The van der Waals surface area contributed by atoms with E-state index in [0.29, 0.717) is 10.6 Å². The van der Waals surface area contributed by atoms with Crippen molar-refractivity contribution in [1.29, 1.82) is 0 Å². The van der Waals surface area contributed by atoms with Gasteiger partial charge in [-0.1, -0.05) is 29.8 Å². The van der Waals surface area contributed by atoms with Gasteiger partial charge < -0.3 is 10.4 Å². The van der Waals surface area contributed by atoms with E-state index in [-0.39, 0.29) is 6.54 Å². The van der Waals surface area contributed by atoms with Gasteiger partial charge in [0.1, 0.15) is 6.04 Å². The fraction of sp³-hybridized carbons (Fsp3) is 0.250. The van der Waals surface area contributed by atoms with Crippen molar-refractivity contribution in [2.75, 3.05) is 0 Å². The van der Waals surface area contributed by atoms with E-state index in [9.17, 15) is 14.4 Å². The summed E-state index contributed by atoms with van der Waals surface area (Å²) >= 11 is 5.96. The van der Waals surface area contributed by atoms with Crippen LogP contribution < -0.4 is 5.32 Å². The lowest BCUT2D eigenvalue weighted by molar-refractivity contribution is -0.140. The van der Waals surface area contributed by atoms with Crippen molar-refractivity contribution < 1.29 is 19.5 Å². The van der Waals surface area contributed by atoms with Crippen LogP contribution in [0.25, 0.3) is 0 Å². The van der Waals surface area contributed by atoms with Crippen LogP contribution in [0.3, 0.4) is 0 Å². The Kier molecular flexibility index (Phi) is 3.71. The van der Waals surface area contributed by atoms with Gasteiger partial charge in [0.05, 0.1) is 13.0 Å². The molecule has 3 amide bonds. The number of aliphatic carboxylic acids is 1. The first-order valence-corrected chi connectivity index (χ1v) is 5.94. The first-order valence-electron chi connectivity index (χ1n) is 5.56. The number of nitrogens with zero attached hydrogens (tertiary/aromatic N) is 1. The second-order valence-electron chi connectivity index (χ2n) is 4.12. The molecule has 19 heavy (non-hydrogen) atoms. The Balaban J connectivity index is 2.13. The van der Waals surface area contributed by atoms with Crippen LogP contribution >= 0.6 is 11.6 Å². The number of benzene rings is 1. The molecule has 0 unspecified atom stereocenters. The summed E-state index contributed by atoms with van der Waals surface area (Å²) in [7, 11) is 0. The second kappa shape index (κ2) is 5.27. The molecule has 0 aromatic heterocycles. The van der Waals surface area contributed by atoms with E-state index in [1.807, 2.05) is 0 Å². The van der Waals surface area contributed by atoms with E-state index >= 15 is 0 Å². The summed E-state index contributed by atoms with van der Waals surface area (Å²) in [6.07, 6.45) is -0.427. The summed E-state index contributed by atoms with van der Waals surface area (Å²) in [5.41, 5.74) is 0.628. The summed E-state index contributed by atoms with van der Waals surface area (Å²) in [5.74, 6) is -1.69. The van der Waals surface area contributed by atoms with Gasteiger partial charge in [0.25, 0.3) is 5.91 Å². The summed E-state index contributed by atoms with van der Waals surface area (Å²) < 4.78 is 0. The molecule has 1 aromatic rings. The van der Waals surface area contributed by atoms with Crippen LogP contribution in [-0.4, -0.2) is 34.0 Å². The Hall–Kier alpha value is -2.08. The second-order valence-corrected chi connectivity index (χ2v) is 4.52. The summed E-state index contributed by atoms with van der Waals surface area (Å²) in [6, 6.07) is 5.24. The molecule has 1 fully saturated rings. The number of carbonyl (C=O) groups is 3. The average Bonchev–Trinajstić information content (AvgIpc) is 2.59. The van der Waals surface area contributed by atoms with Crippen molar-refractivity contribution >= 4 is 29.5 Å². The van der Waals surface area contributed by atoms with Gasteiger partial charge in [-0.2, -0.15) is 0 Å². The number of carboxylic acid groups (broad SMARTS) is 1. The SMILES string of the molecule is O=C(O)C[C@H]1NC(=O)N(Cc2ccccc2Cl)C1=O. The minimum atomic E-state index is -1.14. The van der Waals surface area contributed by atoms with Crippen molar-refractivity contribution in [3.63, 3.8) is 0 Å². The Morgan fingerprint density at radius 2 is 2.05 bits per heavy atom. The highest BCUT2D eigenvalue weighted by atomic mass is 35.5. The van der Waals surface area contributed by atoms with Gasteiger partial charge in [-0.15, -0.1) is 0 Å². The lowest BCUT2D eigenvalue weighted by Gasteiger charge is -2.13. The zero-order chi connectivity index (χ0) is 14.0. The fourth-order valence-electron chi connectivity index (χ4n) is 1.84. The van der Waals surface area contributed by atoms with E-state index in [1.54, 1.807) is 24.3 Å². The van der Waals surface area contributed by atoms with Crippen molar-refractivity contribution in [2.24, 2.45) is 0 Å². The van der Waals surface area contributed by atoms with Crippen LogP contribution in [0.2, 0.25) is 5.02 Å².